The van der Waals surface area contributed by atoms with Crippen LogP contribution in [0.4, 0.5) is 10.5 Å². The molecule has 0 spiro atoms. The largest absolute Gasteiger partial charge is 0.497 e. The van der Waals surface area contributed by atoms with Crippen molar-refractivity contribution in [3.63, 3.8) is 0 Å². The maximum atomic E-state index is 12.0. The van der Waals surface area contributed by atoms with E-state index in [2.05, 4.69) is 10.1 Å². The van der Waals surface area contributed by atoms with Gasteiger partial charge in [0.05, 0.1) is 20.6 Å². The number of carbonyl (C=O) groups excluding carboxylic acids is 2. The molecule has 1 atom stereocenters. The standard InChI is InChI=1S/C18H17NO5/c1-22-13-6-3-11(4-7-13)15-10-17(20)24-16-9-12(5-8-14(15)16)19-18(21)23-2/h3-9,15H,10H2,1-2H3,(H,19,21). The van der Waals surface area contributed by atoms with E-state index in [0.29, 0.717) is 11.4 Å². The first-order valence-electron chi connectivity index (χ1n) is 7.44. The molecule has 0 saturated carbocycles. The van der Waals surface area contributed by atoms with E-state index in [0.717, 1.165) is 16.9 Å². The van der Waals surface area contributed by atoms with Crippen molar-refractivity contribution in [2.75, 3.05) is 19.5 Å². The van der Waals surface area contributed by atoms with Crippen LogP contribution in [0.3, 0.4) is 0 Å². The number of hydrogen-bond acceptors (Lipinski definition) is 5. The van der Waals surface area contributed by atoms with E-state index in [4.69, 9.17) is 9.47 Å². The second-order valence-corrected chi connectivity index (χ2v) is 5.37. The summed E-state index contributed by atoms with van der Waals surface area (Å²) in [7, 11) is 2.89. The van der Waals surface area contributed by atoms with E-state index in [9.17, 15) is 9.59 Å². The summed E-state index contributed by atoms with van der Waals surface area (Å²) >= 11 is 0. The minimum atomic E-state index is -0.580. The van der Waals surface area contributed by atoms with Crippen LogP contribution in [-0.2, 0) is 9.53 Å². The smallest absolute Gasteiger partial charge is 0.411 e. The van der Waals surface area contributed by atoms with Gasteiger partial charge in [0.2, 0.25) is 0 Å². The quantitative estimate of drug-likeness (QED) is 0.691. The normalized spacial score (nSPS) is 15.9. The van der Waals surface area contributed by atoms with Crippen LogP contribution in [0.2, 0.25) is 0 Å². The molecule has 0 aromatic heterocycles. The number of esters is 1. The Bertz CT molecular complexity index is 769. The zero-order valence-corrected chi connectivity index (χ0v) is 13.4. The number of nitrogens with one attached hydrogen (secondary N) is 1. The lowest BCUT2D eigenvalue weighted by Crippen LogP contribution is -2.21. The van der Waals surface area contributed by atoms with E-state index in [-0.39, 0.29) is 18.3 Å². The maximum absolute atomic E-state index is 12.0. The summed E-state index contributed by atoms with van der Waals surface area (Å²) in [6.07, 6.45) is -0.313. The fourth-order valence-corrected chi connectivity index (χ4v) is 2.73. The molecule has 0 radical (unpaired) electrons. The molecule has 6 heteroatoms. The lowest BCUT2D eigenvalue weighted by atomic mass is 9.86. The average molecular weight is 327 g/mol. The summed E-state index contributed by atoms with van der Waals surface area (Å²) in [5, 5.41) is 2.56. The minimum absolute atomic E-state index is 0.0978. The zero-order chi connectivity index (χ0) is 17.1. The summed E-state index contributed by atoms with van der Waals surface area (Å²) in [5.74, 6) is 0.800. The Hall–Kier alpha value is -3.02. The number of benzene rings is 2. The highest BCUT2D eigenvalue weighted by molar-refractivity contribution is 5.86. The van der Waals surface area contributed by atoms with Gasteiger partial charge in [-0.1, -0.05) is 18.2 Å². The highest BCUT2D eigenvalue weighted by Crippen LogP contribution is 2.40. The molecule has 6 nitrogen and oxygen atoms in total. The number of rotatable bonds is 3. The van der Waals surface area contributed by atoms with Crippen molar-refractivity contribution in [2.45, 2.75) is 12.3 Å². The Morgan fingerprint density at radius 2 is 1.92 bits per heavy atom. The second kappa shape index (κ2) is 6.62. The molecular weight excluding hydrogens is 310 g/mol. The first-order chi connectivity index (χ1) is 11.6. The van der Waals surface area contributed by atoms with Crippen LogP contribution in [0.1, 0.15) is 23.5 Å². The summed E-state index contributed by atoms with van der Waals surface area (Å²) in [5.41, 5.74) is 2.40. The second-order valence-electron chi connectivity index (χ2n) is 5.37. The van der Waals surface area contributed by atoms with Gasteiger partial charge in [0.15, 0.2) is 0 Å². The number of anilines is 1. The molecule has 2 aromatic carbocycles. The molecule has 1 heterocycles. The number of ether oxygens (including phenoxy) is 3. The van der Waals surface area contributed by atoms with Gasteiger partial charge in [0.1, 0.15) is 11.5 Å². The number of methoxy groups -OCH3 is 2. The van der Waals surface area contributed by atoms with E-state index in [1.165, 1.54) is 7.11 Å². The molecule has 3 rings (SSSR count). The van der Waals surface area contributed by atoms with Crippen LogP contribution in [0.5, 0.6) is 11.5 Å². The topological polar surface area (TPSA) is 73.9 Å². The van der Waals surface area contributed by atoms with E-state index in [1.807, 2.05) is 30.3 Å². The van der Waals surface area contributed by atoms with Crippen molar-refractivity contribution in [3.8, 4) is 11.5 Å². The molecule has 1 aliphatic rings. The third-order valence-electron chi connectivity index (χ3n) is 3.93. The molecule has 1 aliphatic heterocycles. The Balaban J connectivity index is 1.94. The summed E-state index contributed by atoms with van der Waals surface area (Å²) in [6, 6.07) is 12.8. The summed E-state index contributed by atoms with van der Waals surface area (Å²) in [6.45, 7) is 0. The molecule has 1 amide bonds. The van der Waals surface area contributed by atoms with Crippen molar-refractivity contribution >= 4 is 17.7 Å². The van der Waals surface area contributed by atoms with Crippen molar-refractivity contribution < 1.29 is 23.8 Å². The van der Waals surface area contributed by atoms with Crippen molar-refractivity contribution in [3.05, 3.63) is 53.6 Å². The van der Waals surface area contributed by atoms with Crippen LogP contribution in [-0.4, -0.2) is 26.3 Å². The molecule has 1 unspecified atom stereocenters. The molecule has 0 fully saturated rings. The molecule has 124 valence electrons. The van der Waals surface area contributed by atoms with Gasteiger partial charge in [0, 0.05) is 23.2 Å². The highest BCUT2D eigenvalue weighted by atomic mass is 16.5. The van der Waals surface area contributed by atoms with Gasteiger partial charge >= 0.3 is 12.1 Å². The molecule has 1 N–H and O–H groups in total. The number of fused-ring (bicyclic) bond motifs is 1. The number of carbonyl (C=O) groups is 2. The van der Waals surface area contributed by atoms with E-state index in [1.54, 1.807) is 19.2 Å². The first-order valence-corrected chi connectivity index (χ1v) is 7.44. The molecule has 24 heavy (non-hydrogen) atoms. The van der Waals surface area contributed by atoms with Crippen LogP contribution in [0.25, 0.3) is 0 Å². The number of amides is 1. The Morgan fingerprint density at radius 3 is 2.58 bits per heavy atom. The Labute approximate surface area is 139 Å². The monoisotopic (exact) mass is 327 g/mol. The van der Waals surface area contributed by atoms with Crippen LogP contribution >= 0.6 is 0 Å². The third-order valence-corrected chi connectivity index (χ3v) is 3.93. The molecule has 0 aliphatic carbocycles. The summed E-state index contributed by atoms with van der Waals surface area (Å²) in [4.78, 5) is 23.3. The van der Waals surface area contributed by atoms with Gasteiger partial charge in [-0.05, 0) is 23.8 Å². The molecule has 2 aromatic rings. The fraction of sp³-hybridized carbons (Fsp3) is 0.222. The van der Waals surface area contributed by atoms with Crippen LogP contribution in [0.15, 0.2) is 42.5 Å². The lowest BCUT2D eigenvalue weighted by molar-refractivity contribution is -0.135. The van der Waals surface area contributed by atoms with Gasteiger partial charge in [0.25, 0.3) is 0 Å². The average Bonchev–Trinajstić information content (AvgIpc) is 2.60. The van der Waals surface area contributed by atoms with E-state index >= 15 is 0 Å². The Morgan fingerprint density at radius 1 is 1.17 bits per heavy atom. The van der Waals surface area contributed by atoms with Crippen molar-refractivity contribution in [1.82, 2.24) is 0 Å². The molecular formula is C18H17NO5. The Kier molecular flexibility index (Phi) is 4.37. The van der Waals surface area contributed by atoms with Crippen molar-refractivity contribution in [1.29, 1.82) is 0 Å². The van der Waals surface area contributed by atoms with Gasteiger partial charge < -0.3 is 14.2 Å². The fourth-order valence-electron chi connectivity index (χ4n) is 2.73. The third kappa shape index (κ3) is 3.17. The maximum Gasteiger partial charge on any atom is 0.411 e. The predicted octanol–water partition coefficient (Wildman–Crippen LogP) is 3.31. The highest BCUT2D eigenvalue weighted by Gasteiger charge is 2.28. The minimum Gasteiger partial charge on any atom is -0.497 e. The van der Waals surface area contributed by atoms with Gasteiger partial charge in [-0.2, -0.15) is 0 Å². The van der Waals surface area contributed by atoms with E-state index < -0.39 is 6.09 Å². The summed E-state index contributed by atoms with van der Waals surface area (Å²) < 4.78 is 15.1. The zero-order valence-electron chi connectivity index (χ0n) is 13.4. The predicted molar refractivity (Wildman–Crippen MR) is 87.6 cm³/mol. The molecule has 0 saturated heterocycles. The first kappa shape index (κ1) is 15.9. The van der Waals surface area contributed by atoms with Gasteiger partial charge in [-0.3, -0.25) is 10.1 Å². The van der Waals surface area contributed by atoms with Gasteiger partial charge in [-0.15, -0.1) is 0 Å². The SMILES string of the molecule is COC(=O)Nc1ccc2c(c1)OC(=O)CC2c1ccc(OC)cc1. The lowest BCUT2D eigenvalue weighted by Gasteiger charge is -2.25. The number of hydrogen-bond donors (Lipinski definition) is 1. The van der Waals surface area contributed by atoms with Crippen molar-refractivity contribution in [2.24, 2.45) is 0 Å². The van der Waals surface area contributed by atoms with Crippen LogP contribution < -0.4 is 14.8 Å². The van der Waals surface area contributed by atoms with Gasteiger partial charge in [-0.25, -0.2) is 4.79 Å². The van der Waals surface area contributed by atoms with Crippen LogP contribution in [0, 0.1) is 0 Å². The molecule has 0 bridgehead atoms.